The molecule has 3 heterocycles. The van der Waals surface area contributed by atoms with Crippen LogP contribution < -0.4 is 75.7 Å². The van der Waals surface area contributed by atoms with Gasteiger partial charge in [0.1, 0.15) is 54.4 Å². The Hall–Kier alpha value is -10.1. The molecule has 0 unspecified atom stereocenters. The number of H-pyrrole nitrogens is 2. The molecule has 1 saturated heterocycles. The van der Waals surface area contributed by atoms with Gasteiger partial charge in [0.15, 0.2) is 0 Å². The second-order valence-electron chi connectivity index (χ2n) is 23.9. The maximum atomic E-state index is 14.6. The highest BCUT2D eigenvalue weighted by Gasteiger charge is 2.41. The van der Waals surface area contributed by atoms with Crippen LogP contribution in [0.2, 0.25) is 0 Å². The van der Waals surface area contributed by atoms with E-state index in [0.29, 0.717) is 64.3 Å². The van der Waals surface area contributed by atoms with E-state index in [0.717, 1.165) is 6.92 Å². The zero-order valence-corrected chi connectivity index (χ0v) is 56.8. The number of amides is 13. The van der Waals surface area contributed by atoms with Gasteiger partial charge in [-0.2, -0.15) is 25.3 Å². The lowest BCUT2D eigenvalue weighted by Gasteiger charge is -2.30. The third-order valence-corrected chi connectivity index (χ3v) is 17.0. The Labute approximate surface area is 585 Å². The zero-order chi connectivity index (χ0) is 73.2. The fourth-order valence-corrected chi connectivity index (χ4v) is 11.4. The van der Waals surface area contributed by atoms with Crippen LogP contribution in [-0.2, 0) is 86.4 Å². The molecule has 2 aromatic heterocycles. The number of benzene rings is 3. The number of hydrogen-bond donors (Lipinski definition) is 20. The lowest BCUT2D eigenvalue weighted by atomic mass is 10.0. The fourth-order valence-electron chi connectivity index (χ4n) is 10.9. The molecular weight excluding hydrogens is 1340 g/mol. The first-order valence-electron chi connectivity index (χ1n) is 32.3. The number of aromatic amines is 2. The van der Waals surface area contributed by atoms with Gasteiger partial charge in [-0.25, -0.2) is 4.79 Å². The molecule has 1 aliphatic heterocycles. The number of hydrogen-bond acceptors (Lipinski definition) is 19. The van der Waals surface area contributed by atoms with Crippen LogP contribution >= 0.6 is 25.3 Å². The number of aliphatic hydroxyl groups excluding tert-OH is 1. The Morgan fingerprint density at radius 2 is 1.04 bits per heavy atom. The first-order valence-corrected chi connectivity index (χ1v) is 33.5. The molecule has 0 aliphatic carbocycles. The van der Waals surface area contributed by atoms with E-state index >= 15 is 0 Å². The molecule has 11 atom stereocenters. The van der Waals surface area contributed by atoms with Crippen LogP contribution in [0.25, 0.3) is 21.8 Å². The van der Waals surface area contributed by atoms with Crippen molar-refractivity contribution in [1.82, 2.24) is 73.4 Å². The van der Waals surface area contributed by atoms with Crippen LogP contribution in [0.3, 0.4) is 0 Å². The lowest BCUT2D eigenvalue weighted by molar-refractivity contribution is -0.142. The number of aliphatic hydroxyl groups is 1. The summed E-state index contributed by atoms with van der Waals surface area (Å²) in [6.07, 6.45) is 1.66. The minimum atomic E-state index is -1.92. The van der Waals surface area contributed by atoms with Gasteiger partial charge in [0.05, 0.1) is 38.2 Å². The number of fused-ring (bicyclic) bond motifs is 2. The molecule has 5 aromatic rings. The number of unbranched alkanes of at least 4 members (excludes halogenated alkanes) is 1. The van der Waals surface area contributed by atoms with Gasteiger partial charge in [-0.3, -0.25) is 62.3 Å². The number of likely N-dealkylation sites (tertiary alicyclic amines) is 1. The summed E-state index contributed by atoms with van der Waals surface area (Å²) in [5.74, 6) is -13.7. The summed E-state index contributed by atoms with van der Waals surface area (Å²) in [5, 5.41) is 48.7. The van der Waals surface area contributed by atoms with Crippen LogP contribution in [-0.4, -0.2) is 219 Å². The lowest BCUT2D eigenvalue weighted by Crippen LogP contribution is -2.61. The molecular formula is C65H87N17O16S2. The zero-order valence-electron chi connectivity index (χ0n) is 55.0. The monoisotopic (exact) mass is 1430 g/mol. The van der Waals surface area contributed by atoms with E-state index in [-0.39, 0.29) is 50.2 Å². The third-order valence-electron chi connectivity index (χ3n) is 16.2. The second kappa shape index (κ2) is 38.9. The number of rotatable bonds is 39. The van der Waals surface area contributed by atoms with Crippen LogP contribution in [0.1, 0.15) is 69.1 Å². The van der Waals surface area contributed by atoms with Crippen molar-refractivity contribution in [3.8, 4) is 0 Å². The number of nitrogens with zero attached hydrogens (tertiary/aromatic N) is 1. The largest absolute Gasteiger partial charge is 0.480 e. The standard InChI is InChI=1S/C65H87N17O16S2/c1-34(67)56(88)79-49(33-100)61(93)78-47(23-36-13-4-3-5-14-36)64(96)82-22-12-20-50(82)62(94)76-44(24-37-27-69-41-17-8-6-15-39(37)41)57(89)73-31-54(87)75-46(26-51(68)84)60(92)81-55(35(2)83)63(95)77-45(25-38-28-70-42-18-9-7-16-40(38)42)59(91)80-48(32-99)58(90)72-29-52(85)71-30-53(86)74-43(65(97)98)19-10-11-21-66/h3-9,13-18,27-28,34-35,43-50,55,69-70,83,99-100H,10-12,19-26,29-33,66-67H2,1-2H3,(H2,68,84)(H,71,85)(H,72,90)(H,73,89)(H,74,86)(H,75,87)(H,76,94)(H,77,95)(H,78,93)(H,79,88)(H,80,91)(H,81,92)(H,97,98)/t34-,35+,43-,44-,45-,46-,47-,48-,49-,50-,55-/m0/s1. The number of carbonyl (C=O) groups is 14. The molecule has 1 fully saturated rings. The molecule has 0 bridgehead atoms. The normalized spacial score (nSPS) is 15.7. The first kappa shape index (κ1) is 78.9. The predicted molar refractivity (Wildman–Crippen MR) is 371 cm³/mol. The van der Waals surface area contributed by atoms with E-state index in [2.05, 4.69) is 93.7 Å². The maximum absolute atomic E-state index is 14.6. The average Bonchev–Trinajstić information content (AvgIpc) is 1.61. The number of para-hydroxylation sites is 2. The molecule has 6 rings (SSSR count). The predicted octanol–water partition coefficient (Wildman–Crippen LogP) is -4.43. The van der Waals surface area contributed by atoms with Crippen molar-refractivity contribution in [3.05, 3.63) is 108 Å². The Balaban J connectivity index is 1.13. The Morgan fingerprint density at radius 1 is 0.550 bits per heavy atom. The average molecular weight is 1430 g/mol. The molecule has 21 N–H and O–H groups in total. The SMILES string of the molecule is C[C@H](N)C(=O)N[C@@H](CS)C(=O)N[C@@H](Cc1ccccc1)C(=O)N1CCC[C@H]1C(=O)N[C@@H](Cc1c[nH]c2ccccc12)C(=O)NCC(=O)N[C@@H](CC(N)=O)C(=O)N[C@H](C(=O)N[C@@H](Cc1c[nH]c2ccccc12)C(=O)N[C@@H](CS)C(=O)NCC(=O)NCC(=O)N[C@@H](CCCCN)C(=O)O)[C@@H](C)O. The van der Waals surface area contributed by atoms with E-state index in [1.807, 2.05) is 0 Å². The Bertz CT molecular complexity index is 3740. The van der Waals surface area contributed by atoms with Crippen molar-refractivity contribution in [1.29, 1.82) is 0 Å². The van der Waals surface area contributed by atoms with E-state index in [9.17, 15) is 77.3 Å². The minimum Gasteiger partial charge on any atom is -0.480 e. The van der Waals surface area contributed by atoms with Crippen LogP contribution in [0, 0.1) is 0 Å². The van der Waals surface area contributed by atoms with E-state index in [1.54, 1.807) is 91.3 Å². The van der Waals surface area contributed by atoms with Gasteiger partial charge in [-0.05, 0) is 81.3 Å². The molecule has 0 saturated carbocycles. The van der Waals surface area contributed by atoms with Gasteiger partial charge in [0.2, 0.25) is 76.8 Å². The van der Waals surface area contributed by atoms with Gasteiger partial charge in [-0.15, -0.1) is 0 Å². The fraction of sp³-hybridized carbons (Fsp3) is 0.446. The van der Waals surface area contributed by atoms with E-state index in [4.69, 9.17) is 17.2 Å². The van der Waals surface area contributed by atoms with E-state index < -0.39 is 175 Å². The highest BCUT2D eigenvalue weighted by molar-refractivity contribution is 7.80. The molecule has 33 nitrogen and oxygen atoms in total. The molecule has 540 valence electrons. The van der Waals surface area contributed by atoms with Gasteiger partial charge in [0, 0.05) is 71.5 Å². The van der Waals surface area contributed by atoms with Crippen molar-refractivity contribution >= 4 is 130 Å². The van der Waals surface area contributed by atoms with Crippen LogP contribution in [0.15, 0.2) is 91.3 Å². The van der Waals surface area contributed by atoms with Crippen LogP contribution in [0.5, 0.6) is 0 Å². The quantitative estimate of drug-likeness (QED) is 0.0130. The smallest absolute Gasteiger partial charge is 0.326 e. The summed E-state index contributed by atoms with van der Waals surface area (Å²) < 4.78 is 0. The number of aromatic nitrogens is 2. The van der Waals surface area contributed by atoms with Crippen molar-refractivity contribution in [2.75, 3.05) is 44.2 Å². The summed E-state index contributed by atoms with van der Waals surface area (Å²) in [6.45, 7) is 0.726. The number of carboxylic acids is 1. The van der Waals surface area contributed by atoms with Gasteiger partial charge in [-0.1, -0.05) is 66.7 Å². The van der Waals surface area contributed by atoms with Gasteiger partial charge >= 0.3 is 5.97 Å². The number of nitrogens with two attached hydrogens (primary N) is 3. The van der Waals surface area contributed by atoms with Gasteiger partial charge in [0.25, 0.3) is 0 Å². The van der Waals surface area contributed by atoms with Crippen molar-refractivity contribution in [2.24, 2.45) is 17.2 Å². The van der Waals surface area contributed by atoms with Crippen molar-refractivity contribution in [2.45, 2.75) is 138 Å². The van der Waals surface area contributed by atoms with Crippen molar-refractivity contribution < 1.29 is 77.3 Å². The number of carbonyl (C=O) groups excluding carboxylic acids is 13. The van der Waals surface area contributed by atoms with Crippen LogP contribution in [0.4, 0.5) is 0 Å². The number of aliphatic carboxylic acids is 1. The minimum absolute atomic E-state index is 0.0148. The number of nitrogens with one attached hydrogen (secondary N) is 13. The highest BCUT2D eigenvalue weighted by atomic mass is 32.1. The Morgan fingerprint density at radius 3 is 1.60 bits per heavy atom. The third kappa shape index (κ3) is 23.5. The number of thiol groups is 2. The van der Waals surface area contributed by atoms with Gasteiger partial charge < -0.3 is 101 Å². The molecule has 35 heteroatoms. The van der Waals surface area contributed by atoms with E-state index in [1.165, 1.54) is 11.8 Å². The number of primary amides is 1. The molecule has 1 aliphatic rings. The highest BCUT2D eigenvalue weighted by Crippen LogP contribution is 2.24. The summed E-state index contributed by atoms with van der Waals surface area (Å²) >= 11 is 8.44. The molecule has 0 radical (unpaired) electrons. The molecule has 0 spiro atoms. The second-order valence-corrected chi connectivity index (χ2v) is 24.7. The molecule has 13 amide bonds. The molecule has 3 aromatic carbocycles. The molecule has 100 heavy (non-hydrogen) atoms. The maximum Gasteiger partial charge on any atom is 0.326 e. The van der Waals surface area contributed by atoms with Crippen molar-refractivity contribution in [3.63, 3.8) is 0 Å². The summed E-state index contributed by atoms with van der Waals surface area (Å²) in [5.41, 5.74) is 19.8. The summed E-state index contributed by atoms with van der Waals surface area (Å²) in [7, 11) is 0. The topological polar surface area (TPSA) is 525 Å². The summed E-state index contributed by atoms with van der Waals surface area (Å²) in [4.78, 5) is 196. The first-order chi connectivity index (χ1) is 47.7. The Kier molecular flexibility index (Phi) is 30.7. The number of carboxylic acid groups (broad SMARTS) is 1. The summed E-state index contributed by atoms with van der Waals surface area (Å²) in [6, 6.07) is 8.73.